The smallest absolute Gasteiger partial charge is 0.257 e. The SMILES string of the molecule is N[C@@H]1CCN(C(=O)c2cccc(O)c2O)C1. The number of nitrogens with two attached hydrogens (primary N) is 1. The van der Waals surface area contributed by atoms with Crippen LogP contribution in [0.5, 0.6) is 11.5 Å². The highest BCUT2D eigenvalue weighted by Gasteiger charge is 2.26. The number of phenolic OH excluding ortho intramolecular Hbond substituents is 2. The first kappa shape index (κ1) is 10.8. The first-order valence-electron chi connectivity index (χ1n) is 5.15. The number of carbonyl (C=O) groups is 1. The van der Waals surface area contributed by atoms with Gasteiger partial charge < -0.3 is 20.8 Å². The van der Waals surface area contributed by atoms with Gasteiger partial charge in [-0.15, -0.1) is 0 Å². The molecule has 4 N–H and O–H groups in total. The number of phenols is 2. The fourth-order valence-electron chi connectivity index (χ4n) is 1.85. The summed E-state index contributed by atoms with van der Waals surface area (Å²) in [5, 5.41) is 18.9. The Hall–Kier alpha value is -1.75. The summed E-state index contributed by atoms with van der Waals surface area (Å²) in [5.41, 5.74) is 5.82. The van der Waals surface area contributed by atoms with Crippen molar-refractivity contribution in [2.75, 3.05) is 13.1 Å². The second kappa shape index (κ2) is 4.02. The number of likely N-dealkylation sites (tertiary alicyclic amines) is 1. The Morgan fingerprint density at radius 3 is 2.81 bits per heavy atom. The molecular weight excluding hydrogens is 208 g/mol. The lowest BCUT2D eigenvalue weighted by molar-refractivity contribution is 0.0787. The van der Waals surface area contributed by atoms with E-state index in [1.165, 1.54) is 18.2 Å². The average molecular weight is 222 g/mol. The van der Waals surface area contributed by atoms with Gasteiger partial charge >= 0.3 is 0 Å². The lowest BCUT2D eigenvalue weighted by Crippen LogP contribution is -2.31. The fraction of sp³-hybridized carbons (Fsp3) is 0.364. The third kappa shape index (κ3) is 1.81. The summed E-state index contributed by atoms with van der Waals surface area (Å²) in [7, 11) is 0. The number of hydrogen-bond donors (Lipinski definition) is 3. The molecule has 0 aromatic heterocycles. The van der Waals surface area contributed by atoms with Crippen molar-refractivity contribution in [1.29, 1.82) is 0 Å². The van der Waals surface area contributed by atoms with Crippen LogP contribution in [0.25, 0.3) is 0 Å². The zero-order valence-corrected chi connectivity index (χ0v) is 8.76. The van der Waals surface area contributed by atoms with Gasteiger partial charge in [-0.2, -0.15) is 0 Å². The van der Waals surface area contributed by atoms with E-state index in [-0.39, 0.29) is 29.0 Å². The molecule has 0 aliphatic carbocycles. The minimum Gasteiger partial charge on any atom is -0.504 e. The zero-order valence-electron chi connectivity index (χ0n) is 8.76. The van der Waals surface area contributed by atoms with Crippen molar-refractivity contribution in [1.82, 2.24) is 4.90 Å². The Bertz CT molecular complexity index is 420. The quantitative estimate of drug-likeness (QED) is 0.595. The maximum Gasteiger partial charge on any atom is 0.257 e. The van der Waals surface area contributed by atoms with Crippen molar-refractivity contribution in [2.24, 2.45) is 5.73 Å². The highest BCUT2D eigenvalue weighted by molar-refractivity contribution is 5.97. The molecule has 5 nitrogen and oxygen atoms in total. The molecular formula is C11H14N2O3. The van der Waals surface area contributed by atoms with Gasteiger partial charge in [-0.25, -0.2) is 0 Å². The van der Waals surface area contributed by atoms with E-state index in [0.717, 1.165) is 6.42 Å². The van der Waals surface area contributed by atoms with Gasteiger partial charge in [-0.05, 0) is 18.6 Å². The number of carbonyl (C=O) groups excluding carboxylic acids is 1. The summed E-state index contributed by atoms with van der Waals surface area (Å²) in [4.78, 5) is 13.5. The van der Waals surface area contributed by atoms with E-state index < -0.39 is 0 Å². The lowest BCUT2D eigenvalue weighted by Gasteiger charge is -2.16. The maximum atomic E-state index is 12.0. The molecule has 1 saturated heterocycles. The van der Waals surface area contributed by atoms with Crippen LogP contribution in [-0.4, -0.2) is 40.2 Å². The van der Waals surface area contributed by atoms with Crippen molar-refractivity contribution >= 4 is 5.91 Å². The summed E-state index contributed by atoms with van der Waals surface area (Å²) >= 11 is 0. The minimum atomic E-state index is -0.368. The van der Waals surface area contributed by atoms with E-state index in [2.05, 4.69) is 0 Å². The molecule has 2 rings (SSSR count). The second-order valence-corrected chi connectivity index (χ2v) is 3.97. The van der Waals surface area contributed by atoms with E-state index in [1.54, 1.807) is 4.90 Å². The monoisotopic (exact) mass is 222 g/mol. The molecule has 0 saturated carbocycles. The standard InChI is InChI=1S/C11H14N2O3/c12-7-4-5-13(6-7)11(16)8-2-1-3-9(14)10(8)15/h1-3,7,14-15H,4-6,12H2/t7-/m1/s1. The lowest BCUT2D eigenvalue weighted by atomic mass is 10.1. The summed E-state index contributed by atoms with van der Waals surface area (Å²) in [6.07, 6.45) is 0.769. The summed E-state index contributed by atoms with van der Waals surface area (Å²) in [5.74, 6) is -0.941. The highest BCUT2D eigenvalue weighted by atomic mass is 16.3. The fourth-order valence-corrected chi connectivity index (χ4v) is 1.85. The van der Waals surface area contributed by atoms with Gasteiger partial charge in [0.1, 0.15) is 0 Å². The largest absolute Gasteiger partial charge is 0.504 e. The molecule has 1 atom stereocenters. The van der Waals surface area contributed by atoms with E-state index >= 15 is 0 Å². The average Bonchev–Trinajstić information content (AvgIpc) is 2.68. The maximum absolute atomic E-state index is 12.0. The number of nitrogens with zero attached hydrogens (tertiary/aromatic N) is 1. The van der Waals surface area contributed by atoms with E-state index in [9.17, 15) is 15.0 Å². The van der Waals surface area contributed by atoms with Gasteiger partial charge in [0.25, 0.3) is 5.91 Å². The number of amides is 1. The molecule has 86 valence electrons. The van der Waals surface area contributed by atoms with Gasteiger partial charge in [0.05, 0.1) is 5.56 Å². The van der Waals surface area contributed by atoms with Gasteiger partial charge in [-0.3, -0.25) is 4.79 Å². The molecule has 0 radical (unpaired) electrons. The Morgan fingerprint density at radius 2 is 2.19 bits per heavy atom. The molecule has 16 heavy (non-hydrogen) atoms. The van der Waals surface area contributed by atoms with Gasteiger partial charge in [0.2, 0.25) is 0 Å². The van der Waals surface area contributed by atoms with Crippen LogP contribution in [0.3, 0.4) is 0 Å². The molecule has 1 aromatic rings. The van der Waals surface area contributed by atoms with E-state index in [0.29, 0.717) is 13.1 Å². The Kier molecular flexibility index (Phi) is 2.70. The number of benzene rings is 1. The molecule has 1 aliphatic heterocycles. The van der Waals surface area contributed by atoms with Crippen LogP contribution in [0.15, 0.2) is 18.2 Å². The van der Waals surface area contributed by atoms with Crippen LogP contribution in [0.1, 0.15) is 16.8 Å². The van der Waals surface area contributed by atoms with Crippen molar-refractivity contribution in [3.8, 4) is 11.5 Å². The minimum absolute atomic E-state index is 0.00315. The van der Waals surface area contributed by atoms with Gasteiger partial charge in [0.15, 0.2) is 11.5 Å². The van der Waals surface area contributed by atoms with Crippen LogP contribution in [-0.2, 0) is 0 Å². The van der Waals surface area contributed by atoms with Crippen LogP contribution in [0.4, 0.5) is 0 Å². The molecule has 0 bridgehead atoms. The Morgan fingerprint density at radius 1 is 1.44 bits per heavy atom. The van der Waals surface area contributed by atoms with Crippen molar-refractivity contribution in [3.05, 3.63) is 23.8 Å². The van der Waals surface area contributed by atoms with E-state index in [1.807, 2.05) is 0 Å². The Balaban J connectivity index is 2.24. The van der Waals surface area contributed by atoms with E-state index in [4.69, 9.17) is 5.73 Å². The highest BCUT2D eigenvalue weighted by Crippen LogP contribution is 2.29. The molecule has 0 unspecified atom stereocenters. The molecule has 1 fully saturated rings. The van der Waals surface area contributed by atoms with Gasteiger partial charge in [0, 0.05) is 19.1 Å². The second-order valence-electron chi connectivity index (χ2n) is 3.97. The molecule has 1 amide bonds. The topological polar surface area (TPSA) is 86.8 Å². The summed E-state index contributed by atoms with van der Waals surface area (Å²) < 4.78 is 0. The third-order valence-electron chi connectivity index (χ3n) is 2.76. The van der Waals surface area contributed by atoms with Gasteiger partial charge in [-0.1, -0.05) is 6.07 Å². The number of aromatic hydroxyl groups is 2. The summed E-state index contributed by atoms with van der Waals surface area (Å²) in [6, 6.07) is 4.35. The number of hydrogen-bond acceptors (Lipinski definition) is 4. The zero-order chi connectivity index (χ0) is 11.7. The predicted molar refractivity (Wildman–Crippen MR) is 58.3 cm³/mol. The first-order chi connectivity index (χ1) is 7.59. The molecule has 0 spiro atoms. The first-order valence-corrected chi connectivity index (χ1v) is 5.15. The number of rotatable bonds is 1. The van der Waals surface area contributed by atoms with Crippen LogP contribution < -0.4 is 5.73 Å². The van der Waals surface area contributed by atoms with Crippen molar-refractivity contribution in [3.63, 3.8) is 0 Å². The predicted octanol–water partition coefficient (Wildman–Crippen LogP) is 0.271. The molecule has 1 aliphatic rings. The molecule has 1 aromatic carbocycles. The number of para-hydroxylation sites is 1. The normalized spacial score (nSPS) is 20.1. The third-order valence-corrected chi connectivity index (χ3v) is 2.76. The van der Waals surface area contributed by atoms with Crippen LogP contribution >= 0.6 is 0 Å². The van der Waals surface area contributed by atoms with Crippen molar-refractivity contribution < 1.29 is 15.0 Å². The van der Waals surface area contributed by atoms with Crippen LogP contribution in [0, 0.1) is 0 Å². The molecule has 5 heteroatoms. The van der Waals surface area contributed by atoms with Crippen LogP contribution in [0.2, 0.25) is 0 Å². The summed E-state index contributed by atoms with van der Waals surface area (Å²) in [6.45, 7) is 1.09. The molecule has 1 heterocycles. The van der Waals surface area contributed by atoms with Crippen molar-refractivity contribution in [2.45, 2.75) is 12.5 Å². The Labute approximate surface area is 93.1 Å².